The highest BCUT2D eigenvalue weighted by Crippen LogP contribution is 2.17. The summed E-state index contributed by atoms with van der Waals surface area (Å²) in [7, 11) is 0. The predicted octanol–water partition coefficient (Wildman–Crippen LogP) is -1.03. The number of aliphatic hydroxyl groups excluding tert-OH is 2. The Labute approximate surface area is 68.8 Å². The topological polar surface area (TPSA) is 74.6 Å². The third-order valence-corrected chi connectivity index (χ3v) is 1.65. The van der Waals surface area contributed by atoms with Crippen LogP contribution in [0, 0.1) is 0 Å². The SMILES string of the molecule is C=CC=C1C(=O)C(O)C(O)C1=O. The summed E-state index contributed by atoms with van der Waals surface area (Å²) in [6, 6.07) is 0. The fraction of sp³-hybridized carbons (Fsp3) is 0.250. The Morgan fingerprint density at radius 1 is 1.17 bits per heavy atom. The second-order valence-electron chi connectivity index (χ2n) is 2.43. The van der Waals surface area contributed by atoms with E-state index in [0.29, 0.717) is 0 Å². The van der Waals surface area contributed by atoms with E-state index in [2.05, 4.69) is 6.58 Å². The average Bonchev–Trinajstić information content (AvgIpc) is 2.23. The number of carbonyl (C=O) groups is 2. The maximum Gasteiger partial charge on any atom is 0.198 e. The Morgan fingerprint density at radius 3 is 1.92 bits per heavy atom. The molecule has 2 N–H and O–H groups in total. The lowest BCUT2D eigenvalue weighted by molar-refractivity contribution is -0.129. The van der Waals surface area contributed by atoms with Gasteiger partial charge in [0.25, 0.3) is 0 Å². The normalized spacial score (nSPS) is 29.3. The van der Waals surface area contributed by atoms with E-state index in [1.807, 2.05) is 0 Å². The minimum atomic E-state index is -1.61. The van der Waals surface area contributed by atoms with Gasteiger partial charge in [0.05, 0.1) is 5.57 Å². The van der Waals surface area contributed by atoms with Crippen LogP contribution in [0.3, 0.4) is 0 Å². The van der Waals surface area contributed by atoms with Crippen molar-refractivity contribution in [2.24, 2.45) is 0 Å². The molecular weight excluding hydrogens is 160 g/mol. The molecule has 64 valence electrons. The van der Waals surface area contributed by atoms with Crippen molar-refractivity contribution < 1.29 is 19.8 Å². The molecule has 0 aromatic rings. The van der Waals surface area contributed by atoms with E-state index in [1.54, 1.807) is 0 Å². The molecule has 2 atom stereocenters. The van der Waals surface area contributed by atoms with Crippen LogP contribution in [0.2, 0.25) is 0 Å². The number of aliphatic hydroxyl groups is 2. The summed E-state index contributed by atoms with van der Waals surface area (Å²) in [6.07, 6.45) is -0.771. The molecule has 0 saturated heterocycles. The zero-order valence-corrected chi connectivity index (χ0v) is 6.23. The van der Waals surface area contributed by atoms with Crippen molar-refractivity contribution >= 4 is 11.6 Å². The molecule has 0 spiro atoms. The van der Waals surface area contributed by atoms with Crippen LogP contribution in [0.1, 0.15) is 0 Å². The lowest BCUT2D eigenvalue weighted by atomic mass is 10.2. The van der Waals surface area contributed by atoms with E-state index >= 15 is 0 Å². The highest BCUT2D eigenvalue weighted by molar-refractivity contribution is 6.29. The molecule has 0 aromatic carbocycles. The molecule has 0 aromatic heterocycles. The van der Waals surface area contributed by atoms with Crippen LogP contribution in [0.5, 0.6) is 0 Å². The first-order valence-electron chi connectivity index (χ1n) is 3.37. The van der Waals surface area contributed by atoms with Crippen molar-refractivity contribution in [1.29, 1.82) is 0 Å². The summed E-state index contributed by atoms with van der Waals surface area (Å²) < 4.78 is 0. The third-order valence-electron chi connectivity index (χ3n) is 1.65. The van der Waals surface area contributed by atoms with Gasteiger partial charge in [-0.2, -0.15) is 0 Å². The Kier molecular flexibility index (Phi) is 2.21. The first-order valence-corrected chi connectivity index (χ1v) is 3.37. The molecule has 1 saturated carbocycles. The van der Waals surface area contributed by atoms with Crippen molar-refractivity contribution in [1.82, 2.24) is 0 Å². The van der Waals surface area contributed by atoms with Gasteiger partial charge in [0, 0.05) is 0 Å². The van der Waals surface area contributed by atoms with Crippen LogP contribution < -0.4 is 0 Å². The van der Waals surface area contributed by atoms with Crippen LogP contribution in [0.25, 0.3) is 0 Å². The van der Waals surface area contributed by atoms with Crippen molar-refractivity contribution in [2.45, 2.75) is 12.2 Å². The number of carbonyl (C=O) groups excluding carboxylic acids is 2. The molecule has 0 radical (unpaired) electrons. The van der Waals surface area contributed by atoms with Gasteiger partial charge in [-0.3, -0.25) is 9.59 Å². The number of hydrogen-bond donors (Lipinski definition) is 2. The summed E-state index contributed by atoms with van der Waals surface area (Å²) in [5, 5.41) is 17.9. The van der Waals surface area contributed by atoms with E-state index in [1.165, 1.54) is 12.2 Å². The van der Waals surface area contributed by atoms with Gasteiger partial charge in [-0.15, -0.1) is 0 Å². The third kappa shape index (κ3) is 1.11. The standard InChI is InChI=1S/C8H8O4/c1-2-3-4-5(9)7(11)8(12)6(4)10/h2-3,7-8,11-12H,1H2. The van der Waals surface area contributed by atoms with Crippen LogP contribution in [0.4, 0.5) is 0 Å². The summed E-state index contributed by atoms with van der Waals surface area (Å²) in [6.45, 7) is 3.30. The van der Waals surface area contributed by atoms with Gasteiger partial charge in [-0.25, -0.2) is 0 Å². The van der Waals surface area contributed by atoms with Gasteiger partial charge in [-0.05, 0) is 6.08 Å². The van der Waals surface area contributed by atoms with Gasteiger partial charge in [0.1, 0.15) is 0 Å². The smallest absolute Gasteiger partial charge is 0.198 e. The van der Waals surface area contributed by atoms with Crippen molar-refractivity contribution in [3.05, 3.63) is 24.3 Å². The molecule has 4 nitrogen and oxygen atoms in total. The first-order chi connectivity index (χ1) is 5.59. The minimum absolute atomic E-state index is 0.190. The van der Waals surface area contributed by atoms with Gasteiger partial charge < -0.3 is 10.2 Å². The average molecular weight is 168 g/mol. The molecular formula is C8H8O4. The second kappa shape index (κ2) is 3.00. The number of hydrogen-bond acceptors (Lipinski definition) is 4. The highest BCUT2D eigenvalue weighted by atomic mass is 16.3. The zero-order valence-electron chi connectivity index (χ0n) is 6.23. The minimum Gasteiger partial charge on any atom is -0.382 e. The monoisotopic (exact) mass is 168 g/mol. The number of Topliss-reactive ketones (excluding diaryl/α,β-unsaturated/α-hetero) is 2. The second-order valence-corrected chi connectivity index (χ2v) is 2.43. The van der Waals surface area contributed by atoms with E-state index in [9.17, 15) is 9.59 Å². The number of allylic oxidation sites excluding steroid dienone is 2. The van der Waals surface area contributed by atoms with Crippen molar-refractivity contribution in [2.75, 3.05) is 0 Å². The molecule has 1 rings (SSSR count). The maximum atomic E-state index is 11.0. The predicted molar refractivity (Wildman–Crippen MR) is 40.3 cm³/mol. The van der Waals surface area contributed by atoms with Crippen molar-refractivity contribution in [3.8, 4) is 0 Å². The molecule has 0 amide bonds. The Bertz CT molecular complexity index is 255. The van der Waals surface area contributed by atoms with Crippen molar-refractivity contribution in [3.63, 3.8) is 0 Å². The van der Waals surface area contributed by atoms with Crippen LogP contribution >= 0.6 is 0 Å². The molecule has 4 heteroatoms. The first kappa shape index (κ1) is 8.83. The number of ketones is 2. The van der Waals surface area contributed by atoms with E-state index in [4.69, 9.17) is 10.2 Å². The Hall–Kier alpha value is -1.26. The fourth-order valence-corrected chi connectivity index (χ4v) is 1.01. The molecule has 1 fully saturated rings. The largest absolute Gasteiger partial charge is 0.382 e. The van der Waals surface area contributed by atoms with E-state index < -0.39 is 23.8 Å². The van der Waals surface area contributed by atoms with Gasteiger partial charge >= 0.3 is 0 Å². The summed E-state index contributed by atoms with van der Waals surface area (Å²) in [5.41, 5.74) is -0.190. The Morgan fingerprint density at radius 2 is 1.58 bits per heavy atom. The highest BCUT2D eigenvalue weighted by Gasteiger charge is 2.43. The van der Waals surface area contributed by atoms with Gasteiger partial charge in [0.15, 0.2) is 23.8 Å². The zero-order chi connectivity index (χ0) is 9.30. The summed E-state index contributed by atoms with van der Waals surface area (Å²) in [4.78, 5) is 21.9. The van der Waals surface area contributed by atoms with Crippen LogP contribution in [-0.2, 0) is 9.59 Å². The van der Waals surface area contributed by atoms with Crippen LogP contribution in [-0.4, -0.2) is 34.0 Å². The molecule has 0 bridgehead atoms. The quantitative estimate of drug-likeness (QED) is 0.388. The summed E-state index contributed by atoms with van der Waals surface area (Å²) in [5.74, 6) is -1.49. The Balaban J connectivity index is 3.07. The van der Waals surface area contributed by atoms with Gasteiger partial charge in [0.2, 0.25) is 0 Å². The maximum absolute atomic E-state index is 11.0. The van der Waals surface area contributed by atoms with Gasteiger partial charge in [-0.1, -0.05) is 12.7 Å². The number of rotatable bonds is 1. The molecule has 0 aliphatic heterocycles. The van der Waals surface area contributed by atoms with Crippen LogP contribution in [0.15, 0.2) is 24.3 Å². The molecule has 12 heavy (non-hydrogen) atoms. The molecule has 2 unspecified atom stereocenters. The lowest BCUT2D eigenvalue weighted by Crippen LogP contribution is -2.27. The molecule has 1 aliphatic rings. The molecule has 1 aliphatic carbocycles. The fourth-order valence-electron chi connectivity index (χ4n) is 1.01. The lowest BCUT2D eigenvalue weighted by Gasteiger charge is -1.99. The van der Waals surface area contributed by atoms with E-state index in [0.717, 1.165) is 0 Å². The molecule has 0 heterocycles. The summed E-state index contributed by atoms with van der Waals surface area (Å²) >= 11 is 0. The van der Waals surface area contributed by atoms with E-state index in [-0.39, 0.29) is 5.57 Å².